The largest absolute Gasteiger partial charge is 0.375 e. The van der Waals surface area contributed by atoms with Gasteiger partial charge in [0.1, 0.15) is 6.61 Å². The minimum atomic E-state index is -0.437. The van der Waals surface area contributed by atoms with Crippen LogP contribution in [-0.2, 0) is 9.53 Å². The van der Waals surface area contributed by atoms with Crippen LogP contribution in [0.5, 0.6) is 0 Å². The zero-order chi connectivity index (χ0) is 19.6. The first-order valence-corrected chi connectivity index (χ1v) is 8.07. The molecule has 2 aromatic rings. The van der Waals surface area contributed by atoms with Gasteiger partial charge in [-0.05, 0) is 36.4 Å². The SMILES string of the molecule is COCC(=O)Nc1cccc(NC(=O)c2ccc3c(c2)C(=O)N(C)C3=O)c1. The summed E-state index contributed by atoms with van der Waals surface area (Å²) >= 11 is 0. The van der Waals surface area contributed by atoms with E-state index in [9.17, 15) is 19.2 Å². The summed E-state index contributed by atoms with van der Waals surface area (Å²) in [5.74, 6) is -1.58. The third-order valence-electron chi connectivity index (χ3n) is 4.03. The van der Waals surface area contributed by atoms with Gasteiger partial charge < -0.3 is 15.4 Å². The molecule has 0 bridgehead atoms. The molecule has 0 atom stereocenters. The van der Waals surface area contributed by atoms with Gasteiger partial charge in [-0.3, -0.25) is 24.1 Å². The van der Waals surface area contributed by atoms with Gasteiger partial charge >= 0.3 is 0 Å². The Hall–Kier alpha value is -3.52. The number of amides is 4. The number of ether oxygens (including phenoxy) is 1. The highest BCUT2D eigenvalue weighted by Gasteiger charge is 2.33. The average Bonchev–Trinajstić information content (AvgIpc) is 2.86. The summed E-state index contributed by atoms with van der Waals surface area (Å²) in [5, 5.41) is 5.34. The molecule has 4 amide bonds. The summed E-state index contributed by atoms with van der Waals surface area (Å²) in [6, 6.07) is 11.0. The van der Waals surface area contributed by atoms with Crippen molar-refractivity contribution in [2.45, 2.75) is 0 Å². The molecule has 0 aliphatic carbocycles. The molecule has 2 aromatic carbocycles. The minimum absolute atomic E-state index is 0.0765. The molecule has 8 heteroatoms. The molecule has 1 aliphatic rings. The zero-order valence-electron chi connectivity index (χ0n) is 14.7. The van der Waals surface area contributed by atoms with E-state index in [1.54, 1.807) is 24.3 Å². The fourth-order valence-corrected chi connectivity index (χ4v) is 2.71. The Labute approximate surface area is 155 Å². The zero-order valence-corrected chi connectivity index (χ0v) is 14.7. The predicted octanol–water partition coefficient (Wildman–Crippen LogP) is 1.75. The summed E-state index contributed by atoms with van der Waals surface area (Å²) in [7, 11) is 2.82. The molecular weight excluding hydrogens is 350 g/mol. The lowest BCUT2D eigenvalue weighted by atomic mass is 10.1. The molecule has 0 saturated carbocycles. The maximum atomic E-state index is 12.5. The maximum absolute atomic E-state index is 12.5. The van der Waals surface area contributed by atoms with Crippen LogP contribution >= 0.6 is 0 Å². The van der Waals surface area contributed by atoms with Crippen LogP contribution < -0.4 is 10.6 Å². The molecule has 138 valence electrons. The van der Waals surface area contributed by atoms with Gasteiger partial charge in [0.15, 0.2) is 0 Å². The Morgan fingerprint density at radius 1 is 0.963 bits per heavy atom. The molecule has 1 heterocycles. The molecule has 1 aliphatic heterocycles. The highest BCUT2D eigenvalue weighted by molar-refractivity contribution is 6.22. The van der Waals surface area contributed by atoms with Crippen LogP contribution in [0.2, 0.25) is 0 Å². The number of nitrogens with zero attached hydrogens (tertiary/aromatic N) is 1. The lowest BCUT2D eigenvalue weighted by molar-refractivity contribution is -0.119. The number of hydrogen-bond donors (Lipinski definition) is 2. The van der Waals surface area contributed by atoms with Crippen molar-refractivity contribution < 1.29 is 23.9 Å². The fraction of sp³-hybridized carbons (Fsp3) is 0.158. The second-order valence-electron chi connectivity index (χ2n) is 5.95. The van der Waals surface area contributed by atoms with Crippen molar-refractivity contribution in [3.63, 3.8) is 0 Å². The number of nitrogens with one attached hydrogen (secondary N) is 2. The lowest BCUT2D eigenvalue weighted by Gasteiger charge is -2.09. The normalized spacial score (nSPS) is 12.7. The fourth-order valence-electron chi connectivity index (χ4n) is 2.71. The predicted molar refractivity (Wildman–Crippen MR) is 97.8 cm³/mol. The van der Waals surface area contributed by atoms with Crippen molar-refractivity contribution in [3.8, 4) is 0 Å². The van der Waals surface area contributed by atoms with Crippen LogP contribution in [0.15, 0.2) is 42.5 Å². The van der Waals surface area contributed by atoms with Gasteiger partial charge in [0.25, 0.3) is 17.7 Å². The number of anilines is 2. The molecule has 0 spiro atoms. The van der Waals surface area contributed by atoms with Crippen LogP contribution in [-0.4, -0.2) is 49.3 Å². The van der Waals surface area contributed by atoms with Crippen LogP contribution in [0.3, 0.4) is 0 Å². The van der Waals surface area contributed by atoms with Gasteiger partial charge in [0, 0.05) is 31.1 Å². The molecule has 0 aromatic heterocycles. The van der Waals surface area contributed by atoms with Crippen molar-refractivity contribution >= 4 is 35.0 Å². The van der Waals surface area contributed by atoms with E-state index in [0.717, 1.165) is 4.90 Å². The number of carbonyl (C=O) groups excluding carboxylic acids is 4. The van der Waals surface area contributed by atoms with E-state index in [4.69, 9.17) is 4.74 Å². The van der Waals surface area contributed by atoms with E-state index in [-0.39, 0.29) is 35.1 Å². The molecule has 0 saturated heterocycles. The van der Waals surface area contributed by atoms with E-state index < -0.39 is 11.8 Å². The summed E-state index contributed by atoms with van der Waals surface area (Å²) in [5.41, 5.74) is 1.71. The van der Waals surface area contributed by atoms with Crippen molar-refractivity contribution in [2.24, 2.45) is 0 Å². The molecule has 0 fully saturated rings. The van der Waals surface area contributed by atoms with Crippen molar-refractivity contribution in [1.82, 2.24) is 4.90 Å². The number of rotatable bonds is 5. The third-order valence-corrected chi connectivity index (χ3v) is 4.03. The summed E-state index contributed by atoms with van der Waals surface area (Å²) < 4.78 is 4.75. The van der Waals surface area contributed by atoms with Gasteiger partial charge in [0.2, 0.25) is 5.91 Å². The summed E-state index contributed by atoms with van der Waals surface area (Å²) in [6.45, 7) is -0.0765. The topological polar surface area (TPSA) is 105 Å². The van der Waals surface area contributed by atoms with E-state index in [1.165, 1.54) is 32.4 Å². The molecule has 2 N–H and O–H groups in total. The highest BCUT2D eigenvalue weighted by atomic mass is 16.5. The smallest absolute Gasteiger partial charge is 0.261 e. The molecule has 27 heavy (non-hydrogen) atoms. The van der Waals surface area contributed by atoms with Crippen LogP contribution in [0.4, 0.5) is 11.4 Å². The Morgan fingerprint density at radius 3 is 2.33 bits per heavy atom. The average molecular weight is 367 g/mol. The molecule has 8 nitrogen and oxygen atoms in total. The van der Waals surface area contributed by atoms with Crippen molar-refractivity contribution in [2.75, 3.05) is 31.4 Å². The Morgan fingerprint density at radius 2 is 1.63 bits per heavy atom. The molecular formula is C19H17N3O5. The number of carbonyl (C=O) groups is 4. The Kier molecular flexibility index (Phi) is 5.00. The highest BCUT2D eigenvalue weighted by Crippen LogP contribution is 2.23. The summed E-state index contributed by atoms with van der Waals surface area (Å²) in [4.78, 5) is 49.1. The molecule has 3 rings (SSSR count). The van der Waals surface area contributed by atoms with Crippen LogP contribution in [0.1, 0.15) is 31.1 Å². The van der Waals surface area contributed by atoms with E-state index in [0.29, 0.717) is 11.4 Å². The number of imide groups is 1. The first-order valence-electron chi connectivity index (χ1n) is 8.07. The van der Waals surface area contributed by atoms with Crippen molar-refractivity contribution in [1.29, 1.82) is 0 Å². The number of benzene rings is 2. The first kappa shape index (κ1) is 18.3. The number of hydrogen-bond acceptors (Lipinski definition) is 5. The van der Waals surface area contributed by atoms with Gasteiger partial charge in [-0.2, -0.15) is 0 Å². The minimum Gasteiger partial charge on any atom is -0.375 e. The van der Waals surface area contributed by atoms with Crippen molar-refractivity contribution in [3.05, 3.63) is 59.2 Å². The van der Waals surface area contributed by atoms with Crippen LogP contribution in [0, 0.1) is 0 Å². The Balaban J connectivity index is 1.76. The van der Waals surface area contributed by atoms with Gasteiger partial charge in [-0.1, -0.05) is 6.07 Å². The third kappa shape index (κ3) is 3.70. The van der Waals surface area contributed by atoms with Gasteiger partial charge in [0.05, 0.1) is 11.1 Å². The summed E-state index contributed by atoms with van der Waals surface area (Å²) in [6.07, 6.45) is 0. The lowest BCUT2D eigenvalue weighted by Crippen LogP contribution is -2.24. The quantitative estimate of drug-likeness (QED) is 0.784. The molecule has 0 unspecified atom stereocenters. The standard InChI is InChI=1S/C19H17N3O5/c1-22-18(25)14-7-6-11(8-15(14)19(22)26)17(24)21-13-5-3-4-12(9-13)20-16(23)10-27-2/h3-9H,10H2,1-2H3,(H,20,23)(H,21,24). The number of methoxy groups -OCH3 is 1. The molecule has 0 radical (unpaired) electrons. The van der Waals surface area contributed by atoms with Crippen LogP contribution in [0.25, 0.3) is 0 Å². The van der Waals surface area contributed by atoms with Gasteiger partial charge in [-0.25, -0.2) is 0 Å². The second kappa shape index (κ2) is 7.38. The Bertz CT molecular complexity index is 954. The van der Waals surface area contributed by atoms with E-state index in [2.05, 4.69) is 10.6 Å². The first-order chi connectivity index (χ1) is 12.9. The second-order valence-corrected chi connectivity index (χ2v) is 5.95. The van der Waals surface area contributed by atoms with E-state index >= 15 is 0 Å². The monoisotopic (exact) mass is 367 g/mol. The van der Waals surface area contributed by atoms with E-state index in [1.807, 2.05) is 0 Å². The maximum Gasteiger partial charge on any atom is 0.261 e. The van der Waals surface area contributed by atoms with Gasteiger partial charge in [-0.15, -0.1) is 0 Å². The number of fused-ring (bicyclic) bond motifs is 1.